The Morgan fingerprint density at radius 1 is 1.07 bits per heavy atom. The zero-order valence-electron chi connectivity index (χ0n) is 16.1. The highest BCUT2D eigenvalue weighted by atomic mass is 19.4. The molecule has 0 aliphatic heterocycles. The molecule has 2 aliphatic carbocycles. The number of halogens is 3. The average Bonchev–Trinajstić information content (AvgIpc) is 3.47. The highest BCUT2D eigenvalue weighted by Crippen LogP contribution is 2.34. The molecule has 1 heterocycles. The van der Waals surface area contributed by atoms with Gasteiger partial charge in [0.15, 0.2) is 0 Å². The third kappa shape index (κ3) is 4.79. The monoisotopic (exact) mass is 407 g/mol. The molecule has 1 aromatic heterocycles. The van der Waals surface area contributed by atoms with Crippen LogP contribution in [0.2, 0.25) is 0 Å². The molecule has 0 atom stereocenters. The molecule has 1 amide bonds. The first-order valence-electron chi connectivity index (χ1n) is 10.2. The van der Waals surface area contributed by atoms with Crippen LogP contribution in [0.5, 0.6) is 0 Å². The molecule has 29 heavy (non-hydrogen) atoms. The van der Waals surface area contributed by atoms with E-state index in [1.165, 1.54) is 18.6 Å². The van der Waals surface area contributed by atoms with Crippen LogP contribution < -0.4 is 0 Å². The van der Waals surface area contributed by atoms with Crippen LogP contribution in [-0.2, 0) is 17.4 Å². The van der Waals surface area contributed by atoms with Gasteiger partial charge >= 0.3 is 6.18 Å². The highest BCUT2D eigenvalue weighted by Gasteiger charge is 2.36. The van der Waals surface area contributed by atoms with E-state index >= 15 is 0 Å². The lowest BCUT2D eigenvalue weighted by Gasteiger charge is -2.34. The Balaban J connectivity index is 1.41. The maximum atomic E-state index is 12.7. The molecular formula is C21H24F3N3O2. The van der Waals surface area contributed by atoms with Gasteiger partial charge in [-0.25, -0.2) is 0 Å². The van der Waals surface area contributed by atoms with Gasteiger partial charge in [0.25, 0.3) is 0 Å². The number of carbonyl (C=O) groups is 1. The minimum atomic E-state index is -4.38. The lowest BCUT2D eigenvalue weighted by atomic mass is 9.93. The van der Waals surface area contributed by atoms with Crippen molar-refractivity contribution in [3.8, 4) is 11.4 Å². The van der Waals surface area contributed by atoms with Gasteiger partial charge in [-0.3, -0.25) is 4.79 Å². The number of benzene rings is 1. The molecule has 4 rings (SSSR count). The molecule has 2 saturated carbocycles. The number of alkyl halides is 3. The van der Waals surface area contributed by atoms with E-state index in [2.05, 4.69) is 10.1 Å². The number of aromatic nitrogens is 2. The number of rotatable bonds is 6. The van der Waals surface area contributed by atoms with Crippen molar-refractivity contribution in [3.63, 3.8) is 0 Å². The van der Waals surface area contributed by atoms with E-state index in [0.717, 1.165) is 50.7 Å². The quantitative estimate of drug-likeness (QED) is 0.686. The van der Waals surface area contributed by atoms with Crippen LogP contribution in [0.15, 0.2) is 28.8 Å². The Morgan fingerprint density at radius 2 is 1.76 bits per heavy atom. The van der Waals surface area contributed by atoms with E-state index < -0.39 is 11.7 Å². The fraction of sp³-hybridized carbons (Fsp3) is 0.571. The predicted octanol–water partition coefficient (Wildman–Crippen LogP) is 4.87. The Labute approximate surface area is 167 Å². The third-order valence-electron chi connectivity index (χ3n) is 5.73. The molecule has 2 aromatic rings. The summed E-state index contributed by atoms with van der Waals surface area (Å²) in [5.74, 6) is 1.05. The molecule has 8 heteroatoms. The van der Waals surface area contributed by atoms with Crippen LogP contribution in [0.4, 0.5) is 13.2 Å². The molecule has 2 aliphatic rings. The van der Waals surface area contributed by atoms with Gasteiger partial charge in [-0.15, -0.1) is 0 Å². The maximum absolute atomic E-state index is 12.7. The van der Waals surface area contributed by atoms with E-state index in [1.54, 1.807) is 0 Å². The molecule has 0 radical (unpaired) electrons. The van der Waals surface area contributed by atoms with Gasteiger partial charge in [0.05, 0.1) is 5.56 Å². The number of hydrogen-bond donors (Lipinski definition) is 0. The van der Waals surface area contributed by atoms with Gasteiger partial charge in [-0.2, -0.15) is 18.2 Å². The van der Waals surface area contributed by atoms with Crippen molar-refractivity contribution in [2.45, 2.75) is 63.6 Å². The van der Waals surface area contributed by atoms with E-state index in [-0.39, 0.29) is 23.7 Å². The van der Waals surface area contributed by atoms with Gasteiger partial charge in [-0.1, -0.05) is 36.6 Å². The molecule has 0 spiro atoms. The van der Waals surface area contributed by atoms with Gasteiger partial charge < -0.3 is 9.42 Å². The summed E-state index contributed by atoms with van der Waals surface area (Å²) in [6.45, 7) is 0.536. The smallest absolute Gasteiger partial charge is 0.339 e. The summed E-state index contributed by atoms with van der Waals surface area (Å²) in [7, 11) is 0. The number of hydrogen-bond acceptors (Lipinski definition) is 4. The number of amides is 1. The lowest BCUT2D eigenvalue weighted by Crippen LogP contribution is -2.43. The predicted molar refractivity (Wildman–Crippen MR) is 99.8 cm³/mol. The first kappa shape index (κ1) is 19.9. The van der Waals surface area contributed by atoms with Crippen molar-refractivity contribution >= 4 is 5.91 Å². The summed E-state index contributed by atoms with van der Waals surface area (Å²) in [4.78, 5) is 19.0. The van der Waals surface area contributed by atoms with Crippen LogP contribution in [-0.4, -0.2) is 33.5 Å². The second kappa shape index (κ2) is 8.16. The Bertz CT molecular complexity index is 838. The molecule has 156 valence electrons. The van der Waals surface area contributed by atoms with Crippen molar-refractivity contribution in [1.82, 2.24) is 15.0 Å². The molecule has 0 saturated heterocycles. The first-order chi connectivity index (χ1) is 13.9. The standard InChI is InChI=1S/C21H24F3N3O2/c22-21(23,24)16-10-8-14(9-11-16)19-25-18(29-26-19)12-13-27(20(28)15-6-7-15)17-4-2-1-3-5-17/h8-11,15,17H,1-7,12-13H2. The van der Waals surface area contributed by atoms with E-state index in [0.29, 0.717) is 24.4 Å². The summed E-state index contributed by atoms with van der Waals surface area (Å²) in [6.07, 6.45) is 3.62. The summed E-state index contributed by atoms with van der Waals surface area (Å²) >= 11 is 0. The maximum Gasteiger partial charge on any atom is 0.416 e. The average molecular weight is 407 g/mol. The zero-order chi connectivity index (χ0) is 20.4. The first-order valence-corrected chi connectivity index (χ1v) is 10.2. The van der Waals surface area contributed by atoms with Crippen molar-refractivity contribution in [2.24, 2.45) is 5.92 Å². The zero-order valence-corrected chi connectivity index (χ0v) is 16.1. The van der Waals surface area contributed by atoms with Crippen molar-refractivity contribution in [3.05, 3.63) is 35.7 Å². The van der Waals surface area contributed by atoms with Gasteiger partial charge in [-0.05, 0) is 37.8 Å². The molecule has 1 aromatic carbocycles. The molecule has 0 N–H and O–H groups in total. The van der Waals surface area contributed by atoms with Crippen LogP contribution in [0.3, 0.4) is 0 Å². The van der Waals surface area contributed by atoms with Crippen molar-refractivity contribution in [1.29, 1.82) is 0 Å². The molecule has 5 nitrogen and oxygen atoms in total. The second-order valence-corrected chi connectivity index (χ2v) is 7.93. The largest absolute Gasteiger partial charge is 0.416 e. The van der Waals surface area contributed by atoms with Crippen LogP contribution >= 0.6 is 0 Å². The SMILES string of the molecule is O=C(C1CC1)N(CCc1nc(-c2ccc(C(F)(F)F)cc2)no1)C1CCCCC1. The van der Waals surface area contributed by atoms with Crippen molar-refractivity contribution < 1.29 is 22.5 Å². The summed E-state index contributed by atoms with van der Waals surface area (Å²) in [5, 5.41) is 3.89. The fourth-order valence-corrected chi connectivity index (χ4v) is 3.93. The van der Waals surface area contributed by atoms with Gasteiger partial charge in [0, 0.05) is 30.5 Å². The van der Waals surface area contributed by atoms with Crippen LogP contribution in [0.25, 0.3) is 11.4 Å². The third-order valence-corrected chi connectivity index (χ3v) is 5.73. The number of nitrogens with zero attached hydrogens (tertiary/aromatic N) is 3. The number of carbonyl (C=O) groups excluding carboxylic acids is 1. The Kier molecular flexibility index (Phi) is 5.61. The fourth-order valence-electron chi connectivity index (χ4n) is 3.93. The molecular weight excluding hydrogens is 383 g/mol. The van der Waals surface area contributed by atoms with E-state index in [9.17, 15) is 18.0 Å². The lowest BCUT2D eigenvalue weighted by molar-refractivity contribution is -0.137. The Morgan fingerprint density at radius 3 is 2.38 bits per heavy atom. The van der Waals surface area contributed by atoms with Crippen LogP contribution in [0.1, 0.15) is 56.4 Å². The van der Waals surface area contributed by atoms with E-state index in [4.69, 9.17) is 4.52 Å². The summed E-state index contributed by atoms with van der Waals surface area (Å²) in [6, 6.07) is 4.97. The minimum Gasteiger partial charge on any atom is -0.339 e. The normalized spacial score (nSPS) is 18.0. The molecule has 0 bridgehead atoms. The topological polar surface area (TPSA) is 59.2 Å². The molecule has 2 fully saturated rings. The summed E-state index contributed by atoms with van der Waals surface area (Å²) < 4.78 is 43.4. The Hall–Kier alpha value is -2.38. The van der Waals surface area contributed by atoms with Crippen LogP contribution in [0, 0.1) is 5.92 Å². The van der Waals surface area contributed by atoms with Crippen molar-refractivity contribution in [2.75, 3.05) is 6.54 Å². The second-order valence-electron chi connectivity index (χ2n) is 7.93. The van der Waals surface area contributed by atoms with Gasteiger partial charge in [0.1, 0.15) is 0 Å². The summed E-state index contributed by atoms with van der Waals surface area (Å²) in [5.41, 5.74) is -0.252. The minimum absolute atomic E-state index is 0.169. The highest BCUT2D eigenvalue weighted by molar-refractivity contribution is 5.81. The molecule has 0 unspecified atom stereocenters. The van der Waals surface area contributed by atoms with Gasteiger partial charge in [0.2, 0.25) is 17.6 Å². The van der Waals surface area contributed by atoms with E-state index in [1.807, 2.05) is 4.90 Å².